The number of hydrogen-bond donors (Lipinski definition) is 1. The van der Waals surface area contributed by atoms with Crippen LogP contribution in [0.4, 0.5) is 0 Å². The van der Waals surface area contributed by atoms with E-state index in [0.29, 0.717) is 12.5 Å². The Bertz CT molecular complexity index is 202. The van der Waals surface area contributed by atoms with Gasteiger partial charge in [-0.15, -0.1) is 0 Å². The number of carbonyl (C=O) groups excluding carboxylic acids is 1. The maximum atomic E-state index is 11.2. The van der Waals surface area contributed by atoms with Crippen molar-refractivity contribution in [2.24, 2.45) is 17.8 Å². The highest BCUT2D eigenvalue weighted by Crippen LogP contribution is 2.57. The fraction of sp³-hybridized carbons (Fsp3) is 0.889. The minimum Gasteiger partial charge on any atom is -0.466 e. The van der Waals surface area contributed by atoms with Crippen LogP contribution in [0.25, 0.3) is 0 Å². The van der Waals surface area contributed by atoms with Gasteiger partial charge in [0.2, 0.25) is 0 Å². The Morgan fingerprint density at radius 2 is 2.33 bits per heavy atom. The van der Waals surface area contributed by atoms with Gasteiger partial charge in [-0.25, -0.2) is 0 Å². The Kier molecular flexibility index (Phi) is 1.83. The smallest absolute Gasteiger partial charge is 0.309 e. The molecule has 0 saturated heterocycles. The minimum atomic E-state index is -0.246. The average Bonchev–Trinajstić information content (AvgIpc) is 2.65. The van der Waals surface area contributed by atoms with Crippen molar-refractivity contribution in [3.05, 3.63) is 0 Å². The normalized spacial score (nSPS) is 43.8. The fourth-order valence-electron chi connectivity index (χ4n) is 2.42. The van der Waals surface area contributed by atoms with Crippen molar-refractivity contribution >= 4 is 5.97 Å². The lowest BCUT2D eigenvalue weighted by Gasteiger charge is -2.06. The van der Waals surface area contributed by atoms with Gasteiger partial charge < -0.3 is 9.84 Å². The molecule has 68 valence electrons. The standard InChI is InChI=1S/C9H14O3/c1-2-12-9(11)8-5-3-4-6(10)7(5)8/h5-8,10H,2-4H2,1H3/t5?,6-,7-,8?/m0/s1. The predicted molar refractivity (Wildman–Crippen MR) is 42.3 cm³/mol. The largest absolute Gasteiger partial charge is 0.466 e. The second kappa shape index (κ2) is 2.73. The monoisotopic (exact) mass is 170 g/mol. The zero-order valence-electron chi connectivity index (χ0n) is 7.19. The molecule has 0 aromatic rings. The van der Waals surface area contributed by atoms with Crippen molar-refractivity contribution in [3.63, 3.8) is 0 Å². The molecule has 12 heavy (non-hydrogen) atoms. The third kappa shape index (κ3) is 1.04. The maximum Gasteiger partial charge on any atom is 0.309 e. The molecule has 0 heterocycles. The van der Waals surface area contributed by atoms with Gasteiger partial charge in [0.15, 0.2) is 0 Å². The summed E-state index contributed by atoms with van der Waals surface area (Å²) in [7, 11) is 0. The van der Waals surface area contributed by atoms with Crippen LogP contribution < -0.4 is 0 Å². The molecule has 2 unspecified atom stereocenters. The lowest BCUT2D eigenvalue weighted by molar-refractivity contribution is -0.146. The maximum absolute atomic E-state index is 11.2. The van der Waals surface area contributed by atoms with E-state index < -0.39 is 0 Å². The molecular weight excluding hydrogens is 156 g/mol. The van der Waals surface area contributed by atoms with Crippen LogP contribution in [0.2, 0.25) is 0 Å². The molecule has 2 aliphatic rings. The molecule has 0 amide bonds. The summed E-state index contributed by atoms with van der Waals surface area (Å²) < 4.78 is 4.90. The number of esters is 1. The van der Waals surface area contributed by atoms with Gasteiger partial charge in [-0.1, -0.05) is 0 Å². The van der Waals surface area contributed by atoms with E-state index in [1.165, 1.54) is 0 Å². The van der Waals surface area contributed by atoms with Gasteiger partial charge in [-0.05, 0) is 25.7 Å². The van der Waals surface area contributed by atoms with Crippen molar-refractivity contribution in [3.8, 4) is 0 Å². The van der Waals surface area contributed by atoms with E-state index in [1.807, 2.05) is 6.92 Å². The van der Waals surface area contributed by atoms with Crippen molar-refractivity contribution < 1.29 is 14.6 Å². The third-order valence-corrected chi connectivity index (χ3v) is 3.03. The van der Waals surface area contributed by atoms with Crippen LogP contribution in [0, 0.1) is 17.8 Å². The van der Waals surface area contributed by atoms with Crippen LogP contribution in [-0.4, -0.2) is 23.8 Å². The van der Waals surface area contributed by atoms with Crippen molar-refractivity contribution in [2.75, 3.05) is 6.61 Å². The summed E-state index contributed by atoms with van der Waals surface area (Å²) in [6, 6.07) is 0. The topological polar surface area (TPSA) is 46.5 Å². The SMILES string of the molecule is CCOC(=O)C1C2CC[C@H](O)[C@H]21. The van der Waals surface area contributed by atoms with E-state index in [9.17, 15) is 9.90 Å². The zero-order chi connectivity index (χ0) is 8.72. The summed E-state index contributed by atoms with van der Waals surface area (Å²) >= 11 is 0. The van der Waals surface area contributed by atoms with Gasteiger partial charge >= 0.3 is 5.97 Å². The Morgan fingerprint density at radius 1 is 1.58 bits per heavy atom. The number of aliphatic hydroxyl groups is 1. The third-order valence-electron chi connectivity index (χ3n) is 3.03. The number of carbonyl (C=O) groups is 1. The van der Waals surface area contributed by atoms with Crippen molar-refractivity contribution in [1.29, 1.82) is 0 Å². The summed E-state index contributed by atoms with van der Waals surface area (Å²) in [6.45, 7) is 2.26. The first-order valence-electron chi connectivity index (χ1n) is 4.60. The summed E-state index contributed by atoms with van der Waals surface area (Å²) in [5.74, 6) is 0.572. The van der Waals surface area contributed by atoms with E-state index in [4.69, 9.17) is 4.74 Å². The molecule has 0 aromatic carbocycles. The van der Waals surface area contributed by atoms with Crippen LogP contribution in [0.15, 0.2) is 0 Å². The molecular formula is C9H14O3. The van der Waals surface area contributed by atoms with Crippen LogP contribution in [0.3, 0.4) is 0 Å². The minimum absolute atomic E-state index is 0.0219. The molecule has 2 aliphatic carbocycles. The molecule has 2 saturated carbocycles. The van der Waals surface area contributed by atoms with Gasteiger partial charge in [0.25, 0.3) is 0 Å². The second-order valence-corrected chi connectivity index (χ2v) is 3.66. The quantitative estimate of drug-likeness (QED) is 0.616. The molecule has 2 rings (SSSR count). The molecule has 3 nitrogen and oxygen atoms in total. The zero-order valence-corrected chi connectivity index (χ0v) is 7.19. The molecule has 0 aromatic heterocycles. The highest BCUT2D eigenvalue weighted by Gasteiger charge is 2.61. The first-order valence-corrected chi connectivity index (χ1v) is 4.60. The number of aliphatic hydroxyl groups excluding tert-OH is 1. The van der Waals surface area contributed by atoms with Crippen molar-refractivity contribution in [1.82, 2.24) is 0 Å². The van der Waals surface area contributed by atoms with E-state index in [1.54, 1.807) is 0 Å². The Morgan fingerprint density at radius 3 is 2.83 bits per heavy atom. The van der Waals surface area contributed by atoms with Gasteiger partial charge in [0.05, 0.1) is 18.6 Å². The summed E-state index contributed by atoms with van der Waals surface area (Å²) in [6.07, 6.45) is 1.62. The van der Waals surface area contributed by atoms with Crippen LogP contribution >= 0.6 is 0 Å². The predicted octanol–water partition coefficient (Wildman–Crippen LogP) is 0.566. The fourth-order valence-corrected chi connectivity index (χ4v) is 2.42. The van der Waals surface area contributed by atoms with E-state index in [-0.39, 0.29) is 23.9 Å². The first-order chi connectivity index (χ1) is 5.75. The first kappa shape index (κ1) is 8.05. The molecule has 0 aliphatic heterocycles. The molecule has 0 bridgehead atoms. The highest BCUT2D eigenvalue weighted by molar-refractivity contribution is 5.77. The van der Waals surface area contributed by atoms with Gasteiger partial charge in [0.1, 0.15) is 0 Å². The van der Waals surface area contributed by atoms with Gasteiger partial charge in [-0.3, -0.25) is 4.79 Å². The van der Waals surface area contributed by atoms with Crippen LogP contribution in [0.5, 0.6) is 0 Å². The van der Waals surface area contributed by atoms with Crippen LogP contribution in [-0.2, 0) is 9.53 Å². The Balaban J connectivity index is 1.90. The molecule has 2 fully saturated rings. The number of fused-ring (bicyclic) bond motifs is 1. The molecule has 0 spiro atoms. The van der Waals surface area contributed by atoms with E-state index in [2.05, 4.69) is 0 Å². The lowest BCUT2D eigenvalue weighted by atomic mass is 10.1. The Labute approximate surface area is 71.7 Å². The average molecular weight is 170 g/mol. The number of ether oxygens (including phenoxy) is 1. The Hall–Kier alpha value is -0.570. The second-order valence-electron chi connectivity index (χ2n) is 3.66. The van der Waals surface area contributed by atoms with Gasteiger partial charge in [0, 0.05) is 5.92 Å². The summed E-state index contributed by atoms with van der Waals surface area (Å²) in [5, 5.41) is 9.42. The van der Waals surface area contributed by atoms with Crippen LogP contribution in [0.1, 0.15) is 19.8 Å². The molecule has 1 N–H and O–H groups in total. The van der Waals surface area contributed by atoms with Crippen molar-refractivity contribution in [2.45, 2.75) is 25.9 Å². The van der Waals surface area contributed by atoms with E-state index >= 15 is 0 Å². The van der Waals surface area contributed by atoms with Gasteiger partial charge in [-0.2, -0.15) is 0 Å². The molecule has 4 atom stereocenters. The molecule has 3 heteroatoms. The number of rotatable bonds is 2. The highest BCUT2D eigenvalue weighted by atomic mass is 16.5. The lowest BCUT2D eigenvalue weighted by Crippen LogP contribution is -2.15. The number of hydrogen-bond acceptors (Lipinski definition) is 3. The summed E-state index contributed by atoms with van der Waals surface area (Å²) in [5.41, 5.74) is 0. The molecule has 0 radical (unpaired) electrons. The van der Waals surface area contributed by atoms with E-state index in [0.717, 1.165) is 12.8 Å². The summed E-state index contributed by atoms with van der Waals surface area (Å²) in [4.78, 5) is 11.2.